The van der Waals surface area contributed by atoms with Crippen LogP contribution in [0.4, 0.5) is 0 Å². The number of Topliss-reactive ketones (excluding diaryl/α,β-unsaturated/α-hetero) is 1. The molecule has 0 saturated heterocycles. The van der Waals surface area contributed by atoms with Gasteiger partial charge in [-0.05, 0) is 17.5 Å². The summed E-state index contributed by atoms with van der Waals surface area (Å²) in [6.07, 6.45) is 0.166. The number of benzene rings is 1. The summed E-state index contributed by atoms with van der Waals surface area (Å²) >= 11 is 7.43. The molecule has 1 aromatic carbocycles. The first-order valence-electron chi connectivity index (χ1n) is 7.61. The van der Waals surface area contributed by atoms with E-state index in [4.69, 9.17) is 11.6 Å². The Labute approximate surface area is 150 Å². The Morgan fingerprint density at radius 2 is 2.04 bits per heavy atom. The molecule has 0 radical (unpaired) electrons. The van der Waals surface area contributed by atoms with Crippen LogP contribution >= 0.6 is 22.9 Å². The van der Waals surface area contributed by atoms with Gasteiger partial charge in [-0.2, -0.15) is 0 Å². The first-order valence-corrected chi connectivity index (χ1v) is 8.87. The minimum Gasteiger partial charge on any atom is -0.481 e. The number of carbonyl (C=O) groups excluding carboxylic acids is 1. The molecule has 0 fully saturated rings. The van der Waals surface area contributed by atoms with Crippen LogP contribution in [0.25, 0.3) is 10.6 Å². The van der Waals surface area contributed by atoms with Crippen molar-refractivity contribution in [2.45, 2.75) is 33.6 Å². The summed E-state index contributed by atoms with van der Waals surface area (Å²) in [7, 11) is 0. The van der Waals surface area contributed by atoms with Crippen molar-refractivity contribution in [2.75, 3.05) is 0 Å². The Morgan fingerprint density at radius 3 is 2.62 bits per heavy atom. The monoisotopic (exact) mass is 365 g/mol. The fourth-order valence-electron chi connectivity index (χ4n) is 2.41. The Hall–Kier alpha value is -1.72. The second kappa shape index (κ2) is 7.45. The van der Waals surface area contributed by atoms with E-state index in [-0.39, 0.29) is 18.6 Å². The summed E-state index contributed by atoms with van der Waals surface area (Å²) < 4.78 is 0. The number of carboxylic acids is 1. The quantitative estimate of drug-likeness (QED) is 0.804. The predicted molar refractivity (Wildman–Crippen MR) is 96.5 cm³/mol. The molecule has 1 N–H and O–H groups in total. The lowest BCUT2D eigenvalue weighted by molar-refractivity contribution is -0.147. The standard InChI is InChI=1S/C18H20ClNO3S/c1-18(2,3)15(17(22)23)9-14(21)8-13-10-24-16(20-13)11-5-4-6-12(19)7-11/h4-7,10,15H,8-9H2,1-3H3,(H,22,23)/t15-/m1/s1. The molecule has 0 amide bonds. The van der Waals surface area contributed by atoms with E-state index in [1.807, 2.05) is 44.4 Å². The van der Waals surface area contributed by atoms with Gasteiger partial charge in [-0.25, -0.2) is 4.98 Å². The van der Waals surface area contributed by atoms with Crippen molar-refractivity contribution in [1.82, 2.24) is 4.98 Å². The fraction of sp³-hybridized carbons (Fsp3) is 0.389. The first-order chi connectivity index (χ1) is 11.2. The maximum Gasteiger partial charge on any atom is 0.307 e. The SMILES string of the molecule is CC(C)(C)[C@H](CC(=O)Cc1csc(-c2cccc(Cl)c2)n1)C(=O)O. The number of ketones is 1. The highest BCUT2D eigenvalue weighted by atomic mass is 35.5. The molecule has 24 heavy (non-hydrogen) atoms. The van der Waals surface area contributed by atoms with Crippen molar-refractivity contribution in [1.29, 1.82) is 0 Å². The summed E-state index contributed by atoms with van der Waals surface area (Å²) in [4.78, 5) is 28.1. The second-order valence-corrected chi connectivity index (χ2v) is 8.13. The maximum absolute atomic E-state index is 12.3. The van der Waals surface area contributed by atoms with Gasteiger partial charge < -0.3 is 5.11 Å². The van der Waals surface area contributed by atoms with Gasteiger partial charge in [0.05, 0.1) is 11.6 Å². The second-order valence-electron chi connectivity index (χ2n) is 6.83. The van der Waals surface area contributed by atoms with Crippen LogP contribution in [0.1, 0.15) is 32.9 Å². The summed E-state index contributed by atoms with van der Waals surface area (Å²) in [6, 6.07) is 7.38. The molecule has 1 aromatic heterocycles. The average Bonchev–Trinajstić information content (AvgIpc) is 2.91. The van der Waals surface area contributed by atoms with E-state index >= 15 is 0 Å². The Kier molecular flexibility index (Phi) is 5.78. The molecule has 128 valence electrons. The third kappa shape index (κ3) is 4.89. The Bertz CT molecular complexity index is 749. The van der Waals surface area contributed by atoms with Crippen LogP contribution in [0.2, 0.25) is 5.02 Å². The molecule has 0 aliphatic rings. The van der Waals surface area contributed by atoms with Gasteiger partial charge in [0, 0.05) is 28.8 Å². The molecule has 1 heterocycles. The van der Waals surface area contributed by atoms with Crippen LogP contribution in [-0.4, -0.2) is 21.8 Å². The van der Waals surface area contributed by atoms with E-state index in [2.05, 4.69) is 4.98 Å². The van der Waals surface area contributed by atoms with Gasteiger partial charge in [-0.3, -0.25) is 9.59 Å². The average molecular weight is 366 g/mol. The zero-order valence-corrected chi connectivity index (χ0v) is 15.4. The van der Waals surface area contributed by atoms with Gasteiger partial charge in [-0.15, -0.1) is 11.3 Å². The van der Waals surface area contributed by atoms with Gasteiger partial charge in [-0.1, -0.05) is 44.5 Å². The van der Waals surface area contributed by atoms with Crippen LogP contribution in [0.3, 0.4) is 0 Å². The predicted octanol–water partition coefficient (Wildman–Crippen LogP) is 4.71. The summed E-state index contributed by atoms with van der Waals surface area (Å²) in [5, 5.41) is 12.6. The smallest absolute Gasteiger partial charge is 0.307 e. The number of aliphatic carboxylic acids is 1. The van der Waals surface area contributed by atoms with Gasteiger partial charge in [0.15, 0.2) is 0 Å². The number of hydrogen-bond donors (Lipinski definition) is 1. The lowest BCUT2D eigenvalue weighted by atomic mass is 9.77. The Balaban J connectivity index is 2.06. The highest BCUT2D eigenvalue weighted by Gasteiger charge is 2.33. The zero-order chi connectivity index (χ0) is 17.9. The third-order valence-electron chi connectivity index (χ3n) is 3.78. The number of rotatable bonds is 6. The lowest BCUT2D eigenvalue weighted by Gasteiger charge is -2.26. The number of hydrogen-bond acceptors (Lipinski definition) is 4. The molecule has 0 bridgehead atoms. The minimum absolute atomic E-state index is 0.0167. The first kappa shape index (κ1) is 18.6. The molecular formula is C18H20ClNO3S. The van der Waals surface area contributed by atoms with E-state index < -0.39 is 17.3 Å². The van der Waals surface area contributed by atoms with Gasteiger partial charge in [0.25, 0.3) is 0 Å². The van der Waals surface area contributed by atoms with Crippen LogP contribution in [0.5, 0.6) is 0 Å². The lowest BCUT2D eigenvalue weighted by Crippen LogP contribution is -2.31. The minimum atomic E-state index is -0.936. The molecule has 0 aliphatic heterocycles. The molecule has 0 saturated carbocycles. The molecule has 0 spiro atoms. The molecule has 0 aliphatic carbocycles. The molecular weight excluding hydrogens is 346 g/mol. The molecule has 0 unspecified atom stereocenters. The molecule has 6 heteroatoms. The summed E-state index contributed by atoms with van der Waals surface area (Å²) in [5.41, 5.74) is 1.11. The molecule has 4 nitrogen and oxygen atoms in total. The number of aromatic nitrogens is 1. The van der Waals surface area contributed by atoms with Gasteiger partial charge in [0.1, 0.15) is 10.8 Å². The van der Waals surface area contributed by atoms with Crippen LogP contribution in [0, 0.1) is 11.3 Å². The van der Waals surface area contributed by atoms with Crippen molar-refractivity contribution in [3.05, 3.63) is 40.4 Å². The highest BCUT2D eigenvalue weighted by molar-refractivity contribution is 7.13. The maximum atomic E-state index is 12.3. The topological polar surface area (TPSA) is 67.3 Å². The van der Waals surface area contributed by atoms with Crippen molar-refractivity contribution in [2.24, 2.45) is 11.3 Å². The van der Waals surface area contributed by atoms with Crippen LogP contribution in [-0.2, 0) is 16.0 Å². The van der Waals surface area contributed by atoms with Crippen LogP contribution < -0.4 is 0 Å². The third-order valence-corrected chi connectivity index (χ3v) is 4.95. The highest BCUT2D eigenvalue weighted by Crippen LogP contribution is 2.30. The number of carboxylic acid groups (broad SMARTS) is 1. The Morgan fingerprint density at radius 1 is 1.33 bits per heavy atom. The van der Waals surface area contributed by atoms with Gasteiger partial charge >= 0.3 is 5.97 Å². The van der Waals surface area contributed by atoms with Crippen molar-refractivity contribution in [3.63, 3.8) is 0 Å². The van der Waals surface area contributed by atoms with E-state index in [0.717, 1.165) is 10.6 Å². The van der Waals surface area contributed by atoms with Gasteiger partial charge in [0.2, 0.25) is 0 Å². The van der Waals surface area contributed by atoms with Crippen molar-refractivity contribution < 1.29 is 14.7 Å². The number of nitrogens with zero attached hydrogens (tertiary/aromatic N) is 1. The summed E-state index contributed by atoms with van der Waals surface area (Å²) in [5.74, 6) is -1.75. The largest absolute Gasteiger partial charge is 0.481 e. The van der Waals surface area contributed by atoms with Crippen molar-refractivity contribution >= 4 is 34.7 Å². The number of carbonyl (C=O) groups is 2. The number of halogens is 1. The van der Waals surface area contributed by atoms with E-state index in [1.54, 1.807) is 6.07 Å². The molecule has 2 aromatic rings. The normalized spacial score (nSPS) is 12.8. The molecule has 2 rings (SSSR count). The fourth-order valence-corrected chi connectivity index (χ4v) is 3.42. The van der Waals surface area contributed by atoms with Crippen LogP contribution in [0.15, 0.2) is 29.6 Å². The zero-order valence-electron chi connectivity index (χ0n) is 13.9. The van der Waals surface area contributed by atoms with E-state index in [0.29, 0.717) is 10.7 Å². The van der Waals surface area contributed by atoms with E-state index in [1.165, 1.54) is 11.3 Å². The summed E-state index contributed by atoms with van der Waals surface area (Å²) in [6.45, 7) is 5.50. The van der Waals surface area contributed by atoms with Crippen molar-refractivity contribution in [3.8, 4) is 10.6 Å². The number of thiazole rings is 1. The molecule has 1 atom stereocenters. The van der Waals surface area contributed by atoms with E-state index in [9.17, 15) is 14.7 Å².